The van der Waals surface area contributed by atoms with Crippen LogP contribution in [0.2, 0.25) is 5.02 Å². The number of hydrogen-bond acceptors (Lipinski definition) is 6. The first-order valence-electron chi connectivity index (χ1n) is 12.6. The summed E-state index contributed by atoms with van der Waals surface area (Å²) in [4.78, 5) is 57.9. The minimum atomic E-state index is -1.66. The van der Waals surface area contributed by atoms with Crippen molar-refractivity contribution in [3.8, 4) is 0 Å². The number of rotatable bonds is 7. The molecule has 4 amide bonds. The van der Waals surface area contributed by atoms with Gasteiger partial charge in [0.2, 0.25) is 11.8 Å². The molecule has 3 aliphatic rings. The number of fused-ring (bicyclic) bond motifs is 1. The molecule has 2 aliphatic heterocycles. The molecule has 1 aromatic heterocycles. The lowest BCUT2D eigenvalue weighted by atomic mass is 9.75. The summed E-state index contributed by atoms with van der Waals surface area (Å²) < 4.78 is 15.8. The maximum Gasteiger partial charge on any atom is 0.255 e. The van der Waals surface area contributed by atoms with Gasteiger partial charge in [-0.1, -0.05) is 11.6 Å². The third kappa shape index (κ3) is 4.90. The molecule has 1 aromatic carbocycles. The Morgan fingerprint density at radius 3 is 2.68 bits per heavy atom. The van der Waals surface area contributed by atoms with Gasteiger partial charge in [-0.2, -0.15) is 0 Å². The van der Waals surface area contributed by atoms with Crippen LogP contribution in [-0.4, -0.2) is 64.2 Å². The molecule has 2 aromatic rings. The number of hydrogen-bond donors (Lipinski definition) is 2. The molecule has 1 unspecified atom stereocenters. The number of nitrogens with zero attached hydrogens (tertiary/aromatic N) is 3. The molecule has 200 valence electrons. The van der Waals surface area contributed by atoms with Gasteiger partial charge in [0.15, 0.2) is 0 Å². The van der Waals surface area contributed by atoms with E-state index in [4.69, 9.17) is 11.6 Å². The third-order valence-corrected chi connectivity index (χ3v) is 7.76. The zero-order valence-corrected chi connectivity index (χ0v) is 22.0. The van der Waals surface area contributed by atoms with Crippen LogP contribution in [0.3, 0.4) is 0 Å². The molecule has 0 spiro atoms. The van der Waals surface area contributed by atoms with Crippen LogP contribution in [0.1, 0.15) is 75.7 Å². The molecule has 38 heavy (non-hydrogen) atoms. The summed E-state index contributed by atoms with van der Waals surface area (Å²) in [6.07, 6.45) is 3.33. The molecular weight excluding hydrogens is 513 g/mol. The van der Waals surface area contributed by atoms with Crippen LogP contribution in [0, 0.1) is 0 Å². The van der Waals surface area contributed by atoms with Crippen LogP contribution in [0.4, 0.5) is 4.39 Å². The first-order chi connectivity index (χ1) is 18.1. The van der Waals surface area contributed by atoms with E-state index in [-0.39, 0.29) is 60.3 Å². The minimum absolute atomic E-state index is 0.138. The number of carbonyl (C=O) groups is 4. The van der Waals surface area contributed by atoms with Gasteiger partial charge in [0.25, 0.3) is 11.8 Å². The van der Waals surface area contributed by atoms with Crippen LogP contribution in [0.15, 0.2) is 30.5 Å². The van der Waals surface area contributed by atoms with Crippen LogP contribution in [0.5, 0.6) is 0 Å². The number of nitrogens with one attached hydrogen (secondary N) is 2. The molecule has 5 rings (SSSR count). The van der Waals surface area contributed by atoms with E-state index in [9.17, 15) is 19.2 Å². The summed E-state index contributed by atoms with van der Waals surface area (Å²) in [7, 11) is 3.84. The van der Waals surface area contributed by atoms with E-state index in [0.29, 0.717) is 24.1 Å². The van der Waals surface area contributed by atoms with E-state index in [1.165, 1.54) is 11.0 Å². The maximum absolute atomic E-state index is 15.8. The Balaban J connectivity index is 1.36. The molecule has 3 heterocycles. The van der Waals surface area contributed by atoms with Crippen molar-refractivity contribution in [1.29, 1.82) is 0 Å². The monoisotopic (exact) mass is 541 g/mol. The van der Waals surface area contributed by atoms with E-state index < -0.39 is 29.6 Å². The number of amides is 4. The molecule has 1 saturated carbocycles. The van der Waals surface area contributed by atoms with Crippen molar-refractivity contribution in [1.82, 2.24) is 25.4 Å². The molecule has 1 saturated heterocycles. The second kappa shape index (κ2) is 10.1. The molecule has 0 bridgehead atoms. The molecule has 2 N–H and O–H groups in total. The van der Waals surface area contributed by atoms with Crippen molar-refractivity contribution >= 4 is 35.2 Å². The minimum Gasteiger partial charge on any atom is -0.340 e. The number of piperidine rings is 1. The van der Waals surface area contributed by atoms with Crippen molar-refractivity contribution in [2.75, 3.05) is 14.1 Å². The Morgan fingerprint density at radius 1 is 1.29 bits per heavy atom. The highest BCUT2D eigenvalue weighted by molar-refractivity contribution is 6.31. The van der Waals surface area contributed by atoms with Gasteiger partial charge in [0.1, 0.15) is 17.8 Å². The zero-order chi connectivity index (χ0) is 27.2. The van der Waals surface area contributed by atoms with Crippen molar-refractivity contribution in [2.45, 2.75) is 62.9 Å². The average molecular weight is 542 g/mol. The van der Waals surface area contributed by atoms with Crippen LogP contribution in [0.25, 0.3) is 0 Å². The Kier molecular flexibility index (Phi) is 6.96. The lowest BCUT2D eigenvalue weighted by molar-refractivity contribution is -0.136. The Bertz CT molecular complexity index is 1330. The first kappa shape index (κ1) is 26.2. The fourth-order valence-electron chi connectivity index (χ4n) is 5.33. The largest absolute Gasteiger partial charge is 0.340 e. The molecule has 9 nitrogen and oxygen atoms in total. The predicted molar refractivity (Wildman–Crippen MR) is 137 cm³/mol. The highest BCUT2D eigenvalue weighted by Crippen LogP contribution is 2.46. The number of halogens is 2. The molecule has 1 aliphatic carbocycles. The molecule has 11 heteroatoms. The van der Waals surface area contributed by atoms with Crippen molar-refractivity contribution in [3.05, 3.63) is 63.4 Å². The summed E-state index contributed by atoms with van der Waals surface area (Å²) in [6.45, 7) is 0.757. The van der Waals surface area contributed by atoms with Crippen LogP contribution < -0.4 is 10.6 Å². The SMILES string of the molecule is CN(C)Cc1cnc([C@@H](NC(=O)c2ccc3c(c2)CN(C2CCC(=O)NC2=O)C3=O)C2(F)CCC2)c(Cl)c1. The van der Waals surface area contributed by atoms with Gasteiger partial charge in [-0.15, -0.1) is 0 Å². The maximum atomic E-state index is 15.8. The van der Waals surface area contributed by atoms with Gasteiger partial charge in [0.05, 0.1) is 10.7 Å². The first-order valence-corrected chi connectivity index (χ1v) is 13.0. The van der Waals surface area contributed by atoms with Gasteiger partial charge in [-0.25, -0.2) is 4.39 Å². The lowest BCUT2D eigenvalue weighted by Gasteiger charge is -2.41. The van der Waals surface area contributed by atoms with Gasteiger partial charge in [-0.3, -0.25) is 29.5 Å². The number of alkyl halides is 1. The van der Waals surface area contributed by atoms with Crippen molar-refractivity contribution in [3.63, 3.8) is 0 Å². The molecule has 2 fully saturated rings. The van der Waals surface area contributed by atoms with E-state index in [2.05, 4.69) is 15.6 Å². The standard InChI is InChI=1S/C27H29ClFN5O4/c1-33(2)13-15-10-19(28)22(30-12-15)23(27(29)8-3-9-27)32-24(36)16-4-5-18-17(11-16)14-34(26(18)38)20-6-7-21(35)31-25(20)37/h4-5,10-12,20,23H,3,6-9,13-14H2,1-2H3,(H,32,36)(H,31,35,37)/t20?,23-/m1/s1. The fraction of sp³-hybridized carbons (Fsp3) is 0.444. The summed E-state index contributed by atoms with van der Waals surface area (Å²) in [6, 6.07) is 4.62. The number of carbonyl (C=O) groups excluding carboxylic acids is 4. The summed E-state index contributed by atoms with van der Waals surface area (Å²) in [5.74, 6) is -1.70. The normalized spacial score (nSPS) is 21.1. The van der Waals surface area contributed by atoms with Gasteiger partial charge in [0, 0.05) is 36.8 Å². The fourth-order valence-corrected chi connectivity index (χ4v) is 5.63. The van der Waals surface area contributed by atoms with Crippen molar-refractivity contribution < 1.29 is 23.6 Å². The Hall–Kier alpha value is -3.37. The second-order valence-corrected chi connectivity index (χ2v) is 10.9. The van der Waals surface area contributed by atoms with Crippen molar-refractivity contribution in [2.24, 2.45) is 0 Å². The molecule has 0 radical (unpaired) electrons. The van der Waals surface area contributed by atoms with E-state index in [0.717, 1.165) is 5.56 Å². The smallest absolute Gasteiger partial charge is 0.255 e. The van der Waals surface area contributed by atoms with Gasteiger partial charge < -0.3 is 15.1 Å². The molecular formula is C27H29ClFN5O4. The van der Waals surface area contributed by atoms with E-state index >= 15 is 4.39 Å². The lowest BCUT2D eigenvalue weighted by Crippen LogP contribution is -2.52. The average Bonchev–Trinajstić information content (AvgIpc) is 3.16. The Morgan fingerprint density at radius 2 is 2.05 bits per heavy atom. The topological polar surface area (TPSA) is 112 Å². The number of benzene rings is 1. The van der Waals surface area contributed by atoms with Gasteiger partial charge in [-0.05, 0) is 75.2 Å². The number of imide groups is 1. The summed E-state index contributed by atoms with van der Waals surface area (Å²) >= 11 is 6.53. The summed E-state index contributed by atoms with van der Waals surface area (Å²) in [5, 5.41) is 5.37. The van der Waals surface area contributed by atoms with E-state index in [1.807, 2.05) is 19.0 Å². The van der Waals surface area contributed by atoms with E-state index in [1.54, 1.807) is 24.4 Å². The highest BCUT2D eigenvalue weighted by atomic mass is 35.5. The zero-order valence-electron chi connectivity index (χ0n) is 21.2. The quantitative estimate of drug-likeness (QED) is 0.521. The highest BCUT2D eigenvalue weighted by Gasteiger charge is 2.48. The number of aromatic nitrogens is 1. The molecule has 2 atom stereocenters. The van der Waals surface area contributed by atoms with Crippen LogP contribution >= 0.6 is 11.6 Å². The van der Waals surface area contributed by atoms with Gasteiger partial charge >= 0.3 is 0 Å². The second-order valence-electron chi connectivity index (χ2n) is 10.5. The Labute approximate surface area is 224 Å². The van der Waals surface area contributed by atoms with Crippen LogP contribution in [-0.2, 0) is 22.7 Å². The third-order valence-electron chi connectivity index (χ3n) is 7.46. The summed E-state index contributed by atoms with van der Waals surface area (Å²) in [5.41, 5.74) is 0.737. The number of pyridine rings is 1. The predicted octanol–water partition coefficient (Wildman–Crippen LogP) is 2.92.